The molecule has 0 amide bonds. The van der Waals surface area contributed by atoms with Crippen LogP contribution in [0.3, 0.4) is 0 Å². The molecule has 0 aromatic heterocycles. The molecule has 0 fully saturated rings. The number of nitrogens with zero attached hydrogens (tertiary/aromatic N) is 2. The Morgan fingerprint density at radius 3 is 2.66 bits per heavy atom. The van der Waals surface area contributed by atoms with Crippen LogP contribution in [0.2, 0.25) is 0 Å². The van der Waals surface area contributed by atoms with Crippen LogP contribution in [0.25, 0.3) is 5.57 Å². The number of aliphatic hydroxyl groups excluding tert-OH is 1. The van der Waals surface area contributed by atoms with E-state index in [0.717, 1.165) is 30.4 Å². The molecule has 2 aromatic rings. The lowest BCUT2D eigenvalue weighted by Crippen LogP contribution is -2.50. The third-order valence-corrected chi connectivity index (χ3v) is 11.1. The number of allylic oxidation sites excluding steroid dienone is 2. The SMILES string of the molecule is COc1cccc(S(=O)(=O)N(C)C[C@@H]2Oc3cc(C4=CCCC4)ccc3S(=O)(=O)N([C@H](C)CO)C[C@H]2C)c1. The van der Waals surface area contributed by atoms with E-state index in [9.17, 15) is 21.9 Å². The molecule has 38 heavy (non-hydrogen) atoms. The van der Waals surface area contributed by atoms with Gasteiger partial charge >= 0.3 is 0 Å². The number of hydrogen-bond acceptors (Lipinski definition) is 7. The Labute approximate surface area is 225 Å². The number of methoxy groups -OCH3 is 1. The van der Waals surface area contributed by atoms with Gasteiger partial charge in [-0.25, -0.2) is 16.8 Å². The summed E-state index contributed by atoms with van der Waals surface area (Å²) in [6, 6.07) is 10.7. The highest BCUT2D eigenvalue weighted by Crippen LogP contribution is 2.37. The third kappa shape index (κ3) is 5.62. The molecule has 3 atom stereocenters. The highest BCUT2D eigenvalue weighted by Gasteiger charge is 2.39. The number of rotatable bonds is 8. The normalized spacial score (nSPS) is 22.6. The molecular weight excluding hydrogens is 528 g/mol. The third-order valence-electron chi connectivity index (χ3n) is 7.27. The standard InChI is InChI=1S/C27H36N2O7S2/c1-19-16-29(20(2)18-30)38(33,34)27-13-12-22(21-8-5-6-9-21)14-25(27)36-26(19)17-28(3)37(31,32)24-11-7-10-23(15-24)35-4/h7-8,10-15,19-20,26,30H,5-6,9,16-18H2,1-4H3/t19-,20-,26+/m1/s1. The van der Waals surface area contributed by atoms with E-state index in [4.69, 9.17) is 9.47 Å². The van der Waals surface area contributed by atoms with Gasteiger partial charge in [-0.1, -0.05) is 25.1 Å². The van der Waals surface area contributed by atoms with Crippen molar-refractivity contribution >= 4 is 25.6 Å². The van der Waals surface area contributed by atoms with Crippen LogP contribution in [-0.4, -0.2) is 76.6 Å². The molecule has 0 unspecified atom stereocenters. The molecule has 1 heterocycles. The van der Waals surface area contributed by atoms with Crippen molar-refractivity contribution in [2.24, 2.45) is 5.92 Å². The summed E-state index contributed by atoms with van der Waals surface area (Å²) in [7, 11) is -4.90. The van der Waals surface area contributed by atoms with Gasteiger partial charge < -0.3 is 14.6 Å². The summed E-state index contributed by atoms with van der Waals surface area (Å²) < 4.78 is 68.2. The summed E-state index contributed by atoms with van der Waals surface area (Å²) in [6.45, 7) is 3.20. The van der Waals surface area contributed by atoms with E-state index in [1.54, 1.807) is 37.3 Å². The molecule has 208 valence electrons. The number of likely N-dealkylation sites (N-methyl/N-ethyl adjacent to an activating group) is 1. The fraction of sp³-hybridized carbons (Fsp3) is 0.481. The zero-order valence-corrected chi connectivity index (χ0v) is 23.8. The maximum absolute atomic E-state index is 13.7. The highest BCUT2D eigenvalue weighted by molar-refractivity contribution is 7.89. The van der Waals surface area contributed by atoms with Gasteiger partial charge in [0.1, 0.15) is 22.5 Å². The fourth-order valence-electron chi connectivity index (χ4n) is 4.87. The molecule has 2 aliphatic rings. The fourth-order valence-corrected chi connectivity index (χ4v) is 7.91. The average molecular weight is 565 g/mol. The van der Waals surface area contributed by atoms with Crippen molar-refractivity contribution in [3.63, 3.8) is 0 Å². The summed E-state index contributed by atoms with van der Waals surface area (Å²) >= 11 is 0. The van der Waals surface area contributed by atoms with Gasteiger partial charge in [0.25, 0.3) is 0 Å². The summed E-state index contributed by atoms with van der Waals surface area (Å²) in [5.74, 6) is 0.231. The van der Waals surface area contributed by atoms with Crippen molar-refractivity contribution < 1.29 is 31.4 Å². The largest absolute Gasteiger partial charge is 0.497 e. The predicted octanol–water partition coefficient (Wildman–Crippen LogP) is 3.35. The number of sulfonamides is 2. The van der Waals surface area contributed by atoms with Crippen molar-refractivity contribution in [1.29, 1.82) is 0 Å². The topological polar surface area (TPSA) is 113 Å². The summed E-state index contributed by atoms with van der Waals surface area (Å²) in [5, 5.41) is 9.85. The average Bonchev–Trinajstić information content (AvgIpc) is 3.45. The van der Waals surface area contributed by atoms with E-state index >= 15 is 0 Å². The second kappa shape index (κ2) is 11.4. The Balaban J connectivity index is 1.73. The van der Waals surface area contributed by atoms with Crippen molar-refractivity contribution in [3.8, 4) is 11.5 Å². The Morgan fingerprint density at radius 1 is 1.24 bits per heavy atom. The number of hydrogen-bond donors (Lipinski definition) is 1. The van der Waals surface area contributed by atoms with Crippen LogP contribution < -0.4 is 9.47 Å². The molecule has 0 bridgehead atoms. The smallest absolute Gasteiger partial charge is 0.247 e. The number of fused-ring (bicyclic) bond motifs is 1. The van der Waals surface area contributed by atoms with Crippen LogP contribution in [0.4, 0.5) is 0 Å². The van der Waals surface area contributed by atoms with Crippen LogP contribution in [-0.2, 0) is 20.0 Å². The van der Waals surface area contributed by atoms with Gasteiger partial charge in [-0.2, -0.15) is 8.61 Å². The minimum atomic E-state index is -3.98. The minimum absolute atomic E-state index is 0.00549. The van der Waals surface area contributed by atoms with Crippen molar-refractivity contribution in [1.82, 2.24) is 8.61 Å². The Morgan fingerprint density at radius 2 is 2.00 bits per heavy atom. The van der Waals surface area contributed by atoms with Crippen LogP contribution in [0.15, 0.2) is 58.3 Å². The molecular formula is C27H36N2O7S2. The van der Waals surface area contributed by atoms with Crippen molar-refractivity contribution in [2.45, 2.75) is 55.0 Å². The maximum Gasteiger partial charge on any atom is 0.247 e. The molecule has 0 saturated carbocycles. The maximum atomic E-state index is 13.7. The predicted molar refractivity (Wildman–Crippen MR) is 145 cm³/mol. The molecule has 1 N–H and O–H groups in total. The van der Waals surface area contributed by atoms with Gasteiger partial charge in [-0.15, -0.1) is 0 Å². The van der Waals surface area contributed by atoms with Crippen molar-refractivity contribution in [2.75, 3.05) is 33.9 Å². The van der Waals surface area contributed by atoms with E-state index in [1.807, 2.05) is 6.92 Å². The van der Waals surface area contributed by atoms with Gasteiger partial charge in [0.2, 0.25) is 20.0 Å². The first kappa shape index (κ1) is 28.6. The molecule has 0 spiro atoms. The Kier molecular flexibility index (Phi) is 8.53. The van der Waals surface area contributed by atoms with E-state index in [2.05, 4.69) is 6.08 Å². The Bertz CT molecular complexity index is 1410. The van der Waals surface area contributed by atoms with Gasteiger partial charge in [0.05, 0.1) is 25.2 Å². The number of ether oxygens (including phenoxy) is 2. The highest BCUT2D eigenvalue weighted by atomic mass is 32.2. The minimum Gasteiger partial charge on any atom is -0.497 e. The molecule has 2 aromatic carbocycles. The Hall–Kier alpha value is -2.44. The number of benzene rings is 2. The van der Waals surface area contributed by atoms with E-state index < -0.39 is 32.2 Å². The first-order valence-corrected chi connectivity index (χ1v) is 15.6. The quantitative estimate of drug-likeness (QED) is 0.523. The monoisotopic (exact) mass is 564 g/mol. The van der Waals surface area contributed by atoms with Crippen LogP contribution in [0.5, 0.6) is 11.5 Å². The molecule has 1 aliphatic heterocycles. The molecule has 0 saturated heterocycles. The lowest BCUT2D eigenvalue weighted by Gasteiger charge is -2.37. The van der Waals surface area contributed by atoms with Gasteiger partial charge in [0.15, 0.2) is 0 Å². The van der Waals surface area contributed by atoms with Gasteiger partial charge in [-0.3, -0.25) is 0 Å². The van der Waals surface area contributed by atoms with Gasteiger partial charge in [0, 0.05) is 31.6 Å². The molecule has 11 heteroatoms. The zero-order valence-electron chi connectivity index (χ0n) is 22.2. The second-order valence-electron chi connectivity index (χ2n) is 9.99. The van der Waals surface area contributed by atoms with E-state index in [-0.39, 0.29) is 41.2 Å². The van der Waals surface area contributed by atoms with E-state index in [1.165, 1.54) is 34.9 Å². The molecule has 0 radical (unpaired) electrons. The first-order chi connectivity index (χ1) is 18.0. The van der Waals surface area contributed by atoms with Crippen LogP contribution in [0, 0.1) is 5.92 Å². The second-order valence-corrected chi connectivity index (χ2v) is 13.9. The summed E-state index contributed by atoms with van der Waals surface area (Å²) in [6.07, 6.45) is 4.41. The first-order valence-electron chi connectivity index (χ1n) is 12.7. The zero-order chi connectivity index (χ0) is 27.7. The van der Waals surface area contributed by atoms with Crippen molar-refractivity contribution in [3.05, 3.63) is 54.1 Å². The lowest BCUT2D eigenvalue weighted by molar-refractivity contribution is 0.0904. The summed E-state index contributed by atoms with van der Waals surface area (Å²) in [5.41, 5.74) is 2.03. The number of aliphatic hydroxyl groups is 1. The molecule has 4 rings (SSSR count). The van der Waals surface area contributed by atoms with Crippen LogP contribution >= 0.6 is 0 Å². The summed E-state index contributed by atoms with van der Waals surface area (Å²) in [4.78, 5) is 0.0992. The molecule has 9 nitrogen and oxygen atoms in total. The van der Waals surface area contributed by atoms with E-state index in [0.29, 0.717) is 5.75 Å². The van der Waals surface area contributed by atoms with Crippen LogP contribution in [0.1, 0.15) is 38.7 Å². The molecule has 1 aliphatic carbocycles. The van der Waals surface area contributed by atoms with Gasteiger partial charge in [-0.05, 0) is 61.6 Å². The lowest BCUT2D eigenvalue weighted by atomic mass is 10.0.